The average molecular weight is 281 g/mol. The number of fused-ring (bicyclic) bond motifs is 1. The van der Waals surface area contributed by atoms with Crippen LogP contribution >= 0.6 is 0 Å². The molecule has 0 unspecified atom stereocenters. The third-order valence-corrected chi connectivity index (χ3v) is 4.08. The molecule has 0 N–H and O–H groups in total. The summed E-state index contributed by atoms with van der Waals surface area (Å²) >= 11 is 0. The normalized spacial score (nSPS) is 14.1. The topological polar surface area (TPSA) is 63.7 Å². The highest BCUT2D eigenvalue weighted by Crippen LogP contribution is 2.30. The van der Waals surface area contributed by atoms with E-state index in [1.165, 1.54) is 16.6 Å². The number of anilines is 1. The second kappa shape index (κ2) is 5.05. The summed E-state index contributed by atoms with van der Waals surface area (Å²) in [6.45, 7) is 4.04. The predicted molar refractivity (Wildman–Crippen MR) is 72.8 cm³/mol. The smallest absolute Gasteiger partial charge is 0.338 e. The van der Waals surface area contributed by atoms with Crippen LogP contribution in [0.15, 0.2) is 30.9 Å². The van der Waals surface area contributed by atoms with E-state index >= 15 is 0 Å². The summed E-state index contributed by atoms with van der Waals surface area (Å²) in [7, 11) is -3.26. The summed E-state index contributed by atoms with van der Waals surface area (Å²) in [5, 5.41) is 0. The summed E-state index contributed by atoms with van der Waals surface area (Å²) in [4.78, 5) is 11.7. The van der Waals surface area contributed by atoms with Crippen molar-refractivity contribution in [1.29, 1.82) is 0 Å². The van der Waals surface area contributed by atoms with Crippen molar-refractivity contribution in [3.05, 3.63) is 42.0 Å². The number of rotatable bonds is 4. The monoisotopic (exact) mass is 281 g/mol. The summed E-state index contributed by atoms with van der Waals surface area (Å²) in [6.07, 6.45) is 3.27. The molecule has 0 aromatic heterocycles. The molecule has 0 atom stereocenters. The number of hydrogen-bond acceptors (Lipinski definition) is 4. The van der Waals surface area contributed by atoms with Gasteiger partial charge in [-0.3, -0.25) is 4.31 Å². The average Bonchev–Trinajstić information content (AvgIpc) is 2.78. The third-order valence-electron chi connectivity index (χ3n) is 2.90. The molecule has 0 saturated heterocycles. The molecule has 1 aliphatic rings. The molecule has 1 aromatic carbocycles. The lowest BCUT2D eigenvalue weighted by atomic mass is 10.1. The molecule has 0 bridgehead atoms. The number of hydrogen-bond donors (Lipinski definition) is 0. The molecule has 0 radical (unpaired) electrons. The van der Waals surface area contributed by atoms with Gasteiger partial charge in [0, 0.05) is 6.54 Å². The lowest BCUT2D eigenvalue weighted by Gasteiger charge is -2.16. The van der Waals surface area contributed by atoms with E-state index in [2.05, 4.69) is 6.58 Å². The number of sulfonamides is 1. The lowest BCUT2D eigenvalue weighted by Crippen LogP contribution is -2.27. The molecule has 19 heavy (non-hydrogen) atoms. The Morgan fingerprint density at radius 1 is 1.53 bits per heavy atom. The van der Waals surface area contributed by atoms with Crippen LogP contribution in [0.1, 0.15) is 15.9 Å². The molecular formula is C13H15NO4S. The van der Waals surface area contributed by atoms with Gasteiger partial charge in [-0.25, -0.2) is 13.2 Å². The van der Waals surface area contributed by atoms with Gasteiger partial charge in [-0.1, -0.05) is 12.7 Å². The fraction of sp³-hybridized carbons (Fsp3) is 0.308. The Morgan fingerprint density at radius 3 is 2.89 bits per heavy atom. The number of carbonyl (C=O) groups is 1. The van der Waals surface area contributed by atoms with Gasteiger partial charge in [0.25, 0.3) is 0 Å². The summed E-state index contributed by atoms with van der Waals surface area (Å²) in [6, 6.07) is 4.91. The van der Waals surface area contributed by atoms with Crippen LogP contribution in [0.25, 0.3) is 0 Å². The molecule has 0 amide bonds. The largest absolute Gasteiger partial charge is 0.458 e. The van der Waals surface area contributed by atoms with E-state index in [-0.39, 0.29) is 6.61 Å². The van der Waals surface area contributed by atoms with Gasteiger partial charge in [0.05, 0.1) is 17.5 Å². The van der Waals surface area contributed by atoms with E-state index in [9.17, 15) is 13.2 Å². The minimum Gasteiger partial charge on any atom is -0.458 e. The van der Waals surface area contributed by atoms with Gasteiger partial charge < -0.3 is 4.74 Å². The van der Waals surface area contributed by atoms with Gasteiger partial charge in [-0.2, -0.15) is 0 Å². The van der Waals surface area contributed by atoms with E-state index in [1.54, 1.807) is 18.2 Å². The van der Waals surface area contributed by atoms with E-state index in [0.29, 0.717) is 24.2 Å². The third kappa shape index (κ3) is 2.78. The Bertz CT molecular complexity index is 622. The standard InChI is InChI=1S/C13H15NO4S/c1-3-8-18-13(15)11-4-5-12-10(9-11)6-7-14(12)19(2,16)17/h3-5,9H,1,6-8H2,2H3. The Kier molecular flexibility index (Phi) is 3.61. The van der Waals surface area contributed by atoms with Crippen molar-refractivity contribution in [3.8, 4) is 0 Å². The number of nitrogens with zero attached hydrogens (tertiary/aromatic N) is 1. The Labute approximate surface area is 112 Å². The molecular weight excluding hydrogens is 266 g/mol. The highest BCUT2D eigenvalue weighted by molar-refractivity contribution is 7.92. The highest BCUT2D eigenvalue weighted by Gasteiger charge is 2.26. The van der Waals surface area contributed by atoms with Gasteiger partial charge in [-0.15, -0.1) is 0 Å². The quantitative estimate of drug-likeness (QED) is 0.617. The highest BCUT2D eigenvalue weighted by atomic mass is 32.2. The molecule has 1 aliphatic heterocycles. The van der Waals surface area contributed by atoms with Crippen molar-refractivity contribution in [2.45, 2.75) is 6.42 Å². The van der Waals surface area contributed by atoms with Crippen LogP contribution < -0.4 is 4.31 Å². The van der Waals surface area contributed by atoms with Crippen LogP contribution in [-0.2, 0) is 21.2 Å². The molecule has 0 spiro atoms. The maximum atomic E-state index is 11.7. The maximum Gasteiger partial charge on any atom is 0.338 e. The number of carbonyl (C=O) groups excluding carboxylic acids is 1. The summed E-state index contributed by atoms with van der Waals surface area (Å²) in [5.74, 6) is -0.430. The van der Waals surface area contributed by atoms with Crippen LogP contribution in [0.4, 0.5) is 5.69 Å². The van der Waals surface area contributed by atoms with Crippen LogP contribution in [0.5, 0.6) is 0 Å². The zero-order valence-electron chi connectivity index (χ0n) is 10.6. The van der Waals surface area contributed by atoms with Crippen LogP contribution in [-0.4, -0.2) is 33.8 Å². The number of ether oxygens (including phenoxy) is 1. The number of benzene rings is 1. The first-order valence-electron chi connectivity index (χ1n) is 5.82. The van der Waals surface area contributed by atoms with Crippen molar-refractivity contribution in [2.24, 2.45) is 0 Å². The Balaban J connectivity index is 2.27. The molecule has 1 heterocycles. The van der Waals surface area contributed by atoms with Crippen molar-refractivity contribution in [2.75, 3.05) is 23.7 Å². The van der Waals surface area contributed by atoms with E-state index in [4.69, 9.17) is 4.74 Å². The maximum absolute atomic E-state index is 11.7. The van der Waals surface area contributed by atoms with E-state index in [0.717, 1.165) is 5.56 Å². The summed E-state index contributed by atoms with van der Waals surface area (Å²) in [5.41, 5.74) is 1.91. The molecule has 1 aromatic rings. The van der Waals surface area contributed by atoms with Crippen LogP contribution in [0.2, 0.25) is 0 Å². The Morgan fingerprint density at radius 2 is 2.26 bits per heavy atom. The second-order valence-electron chi connectivity index (χ2n) is 4.32. The zero-order chi connectivity index (χ0) is 14.0. The minimum absolute atomic E-state index is 0.158. The molecule has 6 heteroatoms. The zero-order valence-corrected chi connectivity index (χ0v) is 11.4. The van der Waals surface area contributed by atoms with Gasteiger partial charge in [0.15, 0.2) is 0 Å². The molecule has 5 nitrogen and oxygen atoms in total. The molecule has 0 fully saturated rings. The van der Waals surface area contributed by atoms with Crippen LogP contribution in [0, 0.1) is 0 Å². The van der Waals surface area contributed by atoms with Crippen LogP contribution in [0.3, 0.4) is 0 Å². The SMILES string of the molecule is C=CCOC(=O)c1ccc2c(c1)CCN2S(C)(=O)=O. The van der Waals surface area contributed by atoms with Gasteiger partial charge in [0.2, 0.25) is 10.0 Å². The van der Waals surface area contributed by atoms with Gasteiger partial charge in [-0.05, 0) is 30.2 Å². The van der Waals surface area contributed by atoms with Crippen molar-refractivity contribution < 1.29 is 17.9 Å². The fourth-order valence-corrected chi connectivity index (χ4v) is 3.02. The van der Waals surface area contributed by atoms with Gasteiger partial charge >= 0.3 is 5.97 Å². The molecule has 0 saturated carbocycles. The minimum atomic E-state index is -3.26. The second-order valence-corrected chi connectivity index (χ2v) is 6.22. The first kappa shape index (κ1) is 13.6. The molecule has 0 aliphatic carbocycles. The number of esters is 1. The van der Waals surface area contributed by atoms with E-state index < -0.39 is 16.0 Å². The van der Waals surface area contributed by atoms with Gasteiger partial charge in [0.1, 0.15) is 6.61 Å². The summed E-state index contributed by atoms with van der Waals surface area (Å²) < 4.78 is 29.4. The lowest BCUT2D eigenvalue weighted by molar-refractivity contribution is 0.0549. The first-order valence-corrected chi connectivity index (χ1v) is 7.67. The molecule has 2 rings (SSSR count). The predicted octanol–water partition coefficient (Wildman–Crippen LogP) is 1.35. The fourth-order valence-electron chi connectivity index (χ4n) is 2.06. The Hall–Kier alpha value is -1.82. The first-order chi connectivity index (χ1) is 8.93. The van der Waals surface area contributed by atoms with E-state index in [1.807, 2.05) is 0 Å². The van der Waals surface area contributed by atoms with Crippen molar-refractivity contribution in [1.82, 2.24) is 0 Å². The van der Waals surface area contributed by atoms with Crippen molar-refractivity contribution in [3.63, 3.8) is 0 Å². The van der Waals surface area contributed by atoms with Crippen molar-refractivity contribution >= 4 is 21.7 Å². The molecule has 102 valence electrons.